The fourth-order valence-electron chi connectivity index (χ4n) is 4.86. The number of furan rings is 1. The summed E-state index contributed by atoms with van der Waals surface area (Å²) in [4.78, 5) is 26.7. The average molecular weight is 549 g/mol. The number of ether oxygens (including phenoxy) is 1. The zero-order chi connectivity index (χ0) is 28.4. The third-order valence-corrected chi connectivity index (χ3v) is 6.99. The molecule has 0 saturated heterocycles. The number of carbonyl (C=O) groups is 2. The lowest BCUT2D eigenvalue weighted by atomic mass is 9.90. The lowest BCUT2D eigenvalue weighted by Crippen LogP contribution is -2.38. The Morgan fingerprint density at radius 3 is 2.48 bits per heavy atom. The Morgan fingerprint density at radius 1 is 1.00 bits per heavy atom. The van der Waals surface area contributed by atoms with E-state index in [-0.39, 0.29) is 12.4 Å². The molecule has 0 saturated carbocycles. The Bertz CT molecular complexity index is 1540. The highest BCUT2D eigenvalue weighted by Gasteiger charge is 2.30. The predicted molar refractivity (Wildman–Crippen MR) is 142 cm³/mol. The van der Waals surface area contributed by atoms with E-state index in [1.54, 1.807) is 42.5 Å². The molecule has 0 spiro atoms. The van der Waals surface area contributed by atoms with Crippen LogP contribution in [0, 0.1) is 0 Å². The molecule has 1 unspecified atom stereocenters. The largest absolute Gasteiger partial charge is 0.459 e. The first kappa shape index (κ1) is 27.4. The van der Waals surface area contributed by atoms with E-state index in [1.165, 1.54) is 19.1 Å². The second-order valence-corrected chi connectivity index (χ2v) is 9.68. The standard InChI is InChI=1S/C31H27F3N2O4/c1-19(37)39-18-25-12-13-28(40-25)30(35)36-15-14-21-16-22(6-7-23(21)17-36)29(38)27-5-3-2-4-26(27)20-8-10-24(11-9-20)31(32,33)34/h2-13,16,30H,14-15,17-18,35H2,1H3. The topological polar surface area (TPSA) is 85.8 Å². The van der Waals surface area contributed by atoms with Crippen LogP contribution in [0.5, 0.6) is 0 Å². The SMILES string of the molecule is CC(=O)OCc1ccc(C(N)N2CCc3cc(C(=O)c4ccccc4-c4ccc(C(F)(F)F)cc4)ccc3C2)o1. The number of hydrogen-bond donors (Lipinski definition) is 1. The summed E-state index contributed by atoms with van der Waals surface area (Å²) >= 11 is 0. The van der Waals surface area contributed by atoms with Gasteiger partial charge in [0.1, 0.15) is 24.3 Å². The normalized spacial score (nSPS) is 14.4. The van der Waals surface area contributed by atoms with Crippen molar-refractivity contribution < 1.29 is 31.9 Å². The third kappa shape index (κ3) is 5.85. The van der Waals surface area contributed by atoms with Gasteiger partial charge in [0.2, 0.25) is 0 Å². The monoisotopic (exact) mass is 548 g/mol. The average Bonchev–Trinajstić information content (AvgIpc) is 3.43. The Hall–Kier alpha value is -4.21. The van der Waals surface area contributed by atoms with Gasteiger partial charge in [-0.3, -0.25) is 14.5 Å². The predicted octanol–water partition coefficient (Wildman–Crippen LogP) is 6.28. The van der Waals surface area contributed by atoms with Gasteiger partial charge in [-0.2, -0.15) is 13.2 Å². The van der Waals surface area contributed by atoms with Gasteiger partial charge in [-0.05, 0) is 59.0 Å². The number of benzene rings is 3. The molecule has 2 N–H and O–H groups in total. The molecule has 0 fully saturated rings. The Morgan fingerprint density at radius 2 is 1.75 bits per heavy atom. The van der Waals surface area contributed by atoms with E-state index in [4.69, 9.17) is 14.9 Å². The molecule has 1 aromatic heterocycles. The summed E-state index contributed by atoms with van der Waals surface area (Å²) in [6.45, 7) is 2.59. The number of hydrogen-bond acceptors (Lipinski definition) is 6. The van der Waals surface area contributed by atoms with Crippen LogP contribution in [-0.4, -0.2) is 23.2 Å². The van der Waals surface area contributed by atoms with E-state index >= 15 is 0 Å². The van der Waals surface area contributed by atoms with Crippen molar-refractivity contribution in [3.8, 4) is 11.1 Å². The molecule has 5 rings (SSSR count). The molecule has 3 aromatic carbocycles. The summed E-state index contributed by atoms with van der Waals surface area (Å²) < 4.78 is 49.8. The summed E-state index contributed by atoms with van der Waals surface area (Å²) in [5.74, 6) is 0.485. The quantitative estimate of drug-likeness (QED) is 0.216. The first-order valence-electron chi connectivity index (χ1n) is 12.7. The van der Waals surface area contributed by atoms with E-state index in [9.17, 15) is 22.8 Å². The van der Waals surface area contributed by atoms with Gasteiger partial charge in [-0.25, -0.2) is 0 Å². The van der Waals surface area contributed by atoms with E-state index in [1.807, 2.05) is 12.1 Å². The molecule has 4 aromatic rings. The molecule has 0 radical (unpaired) electrons. The number of carbonyl (C=O) groups excluding carboxylic acids is 2. The van der Waals surface area contributed by atoms with Crippen molar-refractivity contribution in [1.29, 1.82) is 0 Å². The zero-order valence-electron chi connectivity index (χ0n) is 21.7. The van der Waals surface area contributed by atoms with Gasteiger partial charge >= 0.3 is 12.1 Å². The van der Waals surface area contributed by atoms with E-state index in [0.29, 0.717) is 53.3 Å². The van der Waals surface area contributed by atoms with Crippen molar-refractivity contribution in [3.63, 3.8) is 0 Å². The Labute approximate surface area is 229 Å². The molecule has 0 amide bonds. The molecule has 2 heterocycles. The first-order valence-corrected chi connectivity index (χ1v) is 12.7. The van der Waals surface area contributed by atoms with E-state index in [0.717, 1.165) is 23.3 Å². The van der Waals surface area contributed by atoms with E-state index < -0.39 is 23.9 Å². The Kier molecular flexibility index (Phi) is 7.60. The number of alkyl halides is 3. The van der Waals surface area contributed by atoms with Gasteiger partial charge in [-0.15, -0.1) is 0 Å². The maximum absolute atomic E-state index is 13.6. The van der Waals surface area contributed by atoms with Crippen LogP contribution in [0.25, 0.3) is 11.1 Å². The van der Waals surface area contributed by atoms with Crippen LogP contribution in [0.4, 0.5) is 13.2 Å². The first-order chi connectivity index (χ1) is 19.1. The van der Waals surface area contributed by atoms with E-state index in [2.05, 4.69) is 4.90 Å². The molecule has 9 heteroatoms. The molecule has 0 bridgehead atoms. The van der Waals surface area contributed by atoms with Crippen molar-refractivity contribution in [3.05, 3.63) is 118 Å². The molecule has 6 nitrogen and oxygen atoms in total. The number of rotatable bonds is 7. The molecule has 1 aliphatic rings. The van der Waals surface area contributed by atoms with Gasteiger partial charge < -0.3 is 14.9 Å². The molecular formula is C31H27F3N2O4. The van der Waals surface area contributed by atoms with Crippen molar-refractivity contribution in [2.24, 2.45) is 5.73 Å². The molecule has 1 aliphatic heterocycles. The highest BCUT2D eigenvalue weighted by molar-refractivity contribution is 6.13. The lowest BCUT2D eigenvalue weighted by molar-refractivity contribution is -0.142. The summed E-state index contributed by atoms with van der Waals surface area (Å²) in [7, 11) is 0. The number of ketones is 1. The minimum atomic E-state index is -4.43. The van der Waals surface area contributed by atoms with Crippen LogP contribution in [0.2, 0.25) is 0 Å². The highest BCUT2D eigenvalue weighted by atomic mass is 19.4. The van der Waals surface area contributed by atoms with Crippen molar-refractivity contribution in [2.75, 3.05) is 6.54 Å². The molecule has 206 valence electrons. The molecular weight excluding hydrogens is 521 g/mol. The fourth-order valence-corrected chi connectivity index (χ4v) is 4.86. The van der Waals surface area contributed by atoms with Crippen molar-refractivity contribution >= 4 is 11.8 Å². The van der Waals surface area contributed by atoms with Crippen LogP contribution in [0.3, 0.4) is 0 Å². The fraction of sp³-hybridized carbons (Fsp3) is 0.226. The summed E-state index contributed by atoms with van der Waals surface area (Å²) in [5, 5.41) is 0. The number of nitrogens with zero attached hydrogens (tertiary/aromatic N) is 1. The minimum Gasteiger partial charge on any atom is -0.459 e. The van der Waals surface area contributed by atoms with Crippen LogP contribution >= 0.6 is 0 Å². The van der Waals surface area contributed by atoms with Crippen LogP contribution in [-0.2, 0) is 35.3 Å². The van der Waals surface area contributed by atoms with Crippen LogP contribution in [0.15, 0.2) is 83.3 Å². The highest BCUT2D eigenvalue weighted by Crippen LogP contribution is 2.33. The summed E-state index contributed by atoms with van der Waals surface area (Å²) in [6.07, 6.45) is -4.25. The summed E-state index contributed by atoms with van der Waals surface area (Å²) in [6, 6.07) is 20.8. The second-order valence-electron chi connectivity index (χ2n) is 9.68. The maximum Gasteiger partial charge on any atom is 0.416 e. The smallest absolute Gasteiger partial charge is 0.416 e. The maximum atomic E-state index is 13.6. The molecule has 40 heavy (non-hydrogen) atoms. The minimum absolute atomic E-state index is 0.0453. The number of nitrogens with two attached hydrogens (primary N) is 1. The summed E-state index contributed by atoms with van der Waals surface area (Å²) in [5.41, 5.74) is 9.85. The van der Waals surface area contributed by atoms with Crippen LogP contribution < -0.4 is 5.73 Å². The van der Waals surface area contributed by atoms with Gasteiger partial charge in [-0.1, -0.05) is 48.5 Å². The van der Waals surface area contributed by atoms with Gasteiger partial charge in [0.25, 0.3) is 0 Å². The zero-order valence-corrected chi connectivity index (χ0v) is 21.7. The van der Waals surface area contributed by atoms with Crippen molar-refractivity contribution in [2.45, 2.75) is 38.8 Å². The Balaban J connectivity index is 1.32. The second kappa shape index (κ2) is 11.1. The molecule has 1 atom stereocenters. The van der Waals surface area contributed by atoms with Crippen molar-refractivity contribution in [1.82, 2.24) is 4.90 Å². The lowest BCUT2D eigenvalue weighted by Gasteiger charge is -2.32. The third-order valence-electron chi connectivity index (χ3n) is 6.99. The number of fused-ring (bicyclic) bond motifs is 1. The van der Waals surface area contributed by atoms with Gasteiger partial charge in [0.05, 0.1) is 5.56 Å². The van der Waals surface area contributed by atoms with Gasteiger partial charge in [0.15, 0.2) is 5.78 Å². The molecule has 0 aliphatic carbocycles. The number of halogens is 3. The number of esters is 1. The van der Waals surface area contributed by atoms with Gasteiger partial charge in [0, 0.05) is 31.1 Å². The van der Waals surface area contributed by atoms with Crippen LogP contribution in [0.1, 0.15) is 57.2 Å².